The molecule has 10 heteroatoms. The predicted octanol–water partition coefficient (Wildman–Crippen LogP) is 5.54. The quantitative estimate of drug-likeness (QED) is 0.568. The van der Waals surface area contributed by atoms with Crippen LogP contribution in [-0.2, 0) is 4.74 Å². The van der Waals surface area contributed by atoms with Crippen molar-refractivity contribution in [2.75, 3.05) is 7.11 Å². The maximum absolute atomic E-state index is 14.4. The van der Waals surface area contributed by atoms with Crippen LogP contribution >= 0.6 is 15.9 Å². The van der Waals surface area contributed by atoms with Crippen LogP contribution in [0.25, 0.3) is 0 Å². The number of aromatic nitrogens is 1. The van der Waals surface area contributed by atoms with Gasteiger partial charge in [-0.25, -0.2) is 4.39 Å². The summed E-state index contributed by atoms with van der Waals surface area (Å²) in [6.07, 6.45) is -6.04. The Balaban J connectivity index is 2.27. The summed E-state index contributed by atoms with van der Waals surface area (Å²) in [6.45, 7) is 3.80. The van der Waals surface area contributed by atoms with Gasteiger partial charge in [-0.2, -0.15) is 17.6 Å². The topological polar surface area (TPSA) is 51.3 Å². The van der Waals surface area contributed by atoms with E-state index in [1.807, 2.05) is 0 Å². The minimum absolute atomic E-state index is 0.0169. The lowest BCUT2D eigenvalue weighted by Crippen LogP contribution is -2.46. The Hall–Kier alpha value is -1.94. The molecule has 1 aromatic heterocycles. The number of hydrogen-bond acceptors (Lipinski definition) is 3. The molecule has 0 radical (unpaired) electrons. The van der Waals surface area contributed by atoms with E-state index >= 15 is 0 Å². The lowest BCUT2D eigenvalue weighted by molar-refractivity contribution is -0.275. The van der Waals surface area contributed by atoms with Crippen LogP contribution in [0.5, 0.6) is 5.75 Å². The number of rotatable bonds is 3. The Morgan fingerprint density at radius 1 is 1.27 bits per heavy atom. The van der Waals surface area contributed by atoms with Crippen LogP contribution in [0.2, 0.25) is 0 Å². The van der Waals surface area contributed by atoms with Gasteiger partial charge in [-0.15, -0.1) is 0 Å². The van der Waals surface area contributed by atoms with E-state index in [9.17, 15) is 26.7 Å². The third-order valence-electron chi connectivity index (χ3n) is 5.78. The maximum atomic E-state index is 14.4. The Kier molecular flexibility index (Phi) is 5.79. The van der Waals surface area contributed by atoms with Gasteiger partial charge in [0.1, 0.15) is 6.10 Å². The number of benzene rings is 1. The van der Waals surface area contributed by atoms with Gasteiger partial charge in [0.05, 0.1) is 11.6 Å². The Bertz CT molecular complexity index is 1040. The van der Waals surface area contributed by atoms with Crippen LogP contribution in [-0.4, -0.2) is 23.9 Å². The highest BCUT2D eigenvalue weighted by atomic mass is 79.9. The van der Waals surface area contributed by atoms with E-state index in [1.54, 1.807) is 6.92 Å². The van der Waals surface area contributed by atoms with Gasteiger partial charge in [0.15, 0.2) is 22.6 Å². The molecule has 1 aliphatic rings. The van der Waals surface area contributed by atoms with Crippen molar-refractivity contribution < 1.29 is 31.4 Å². The highest BCUT2D eigenvalue weighted by molar-refractivity contribution is 9.10. The summed E-state index contributed by atoms with van der Waals surface area (Å²) in [7, 11) is 1.10. The fourth-order valence-corrected chi connectivity index (χ4v) is 4.14. The first-order valence-electron chi connectivity index (χ1n) is 8.99. The lowest BCUT2D eigenvalue weighted by Gasteiger charge is -2.32. The van der Waals surface area contributed by atoms with Gasteiger partial charge < -0.3 is 14.5 Å². The molecular weight excluding hydrogens is 477 g/mol. The van der Waals surface area contributed by atoms with E-state index in [-0.39, 0.29) is 15.7 Å². The van der Waals surface area contributed by atoms with E-state index in [0.717, 1.165) is 26.2 Å². The Labute approximate surface area is 177 Å². The van der Waals surface area contributed by atoms with Crippen LogP contribution in [0, 0.1) is 24.5 Å². The summed E-state index contributed by atoms with van der Waals surface area (Å²) in [4.78, 5) is 15.1. The first-order chi connectivity index (χ1) is 13.8. The number of pyridine rings is 1. The molecule has 1 fully saturated rings. The molecule has 1 saturated heterocycles. The maximum Gasteiger partial charge on any atom is 0.417 e. The van der Waals surface area contributed by atoms with E-state index in [0.29, 0.717) is 5.69 Å². The molecule has 0 saturated carbocycles. The standard InChI is InChI=1S/C20H19BrF5NO3/c1-8-14(10-5-6-11(22)16(23)17(10)29-4)18(30-19(8,3)20(24,25)26)12-7-13(28)15(21)9(2)27-12/h5-8,14,18H,1-4H3,(H,27,28)/t8-,14-,18-,19+/m0/s1. The SMILES string of the molecule is COc1c([C@H]2[C@H](c3cc(=O)c(Br)c(C)[nH]3)O[C@@](C)(C(F)(F)F)[C@H]2C)ccc(F)c1F. The Morgan fingerprint density at radius 2 is 1.90 bits per heavy atom. The van der Waals surface area contributed by atoms with E-state index < -0.39 is 52.5 Å². The van der Waals surface area contributed by atoms with E-state index in [4.69, 9.17) is 9.47 Å². The molecule has 164 valence electrons. The molecule has 0 bridgehead atoms. The number of halogens is 6. The van der Waals surface area contributed by atoms with Crippen molar-refractivity contribution in [2.24, 2.45) is 5.92 Å². The first kappa shape index (κ1) is 22.7. The van der Waals surface area contributed by atoms with Crippen LogP contribution in [0.1, 0.15) is 42.8 Å². The molecule has 2 heterocycles. The van der Waals surface area contributed by atoms with E-state index in [1.165, 1.54) is 13.0 Å². The number of aromatic amines is 1. The van der Waals surface area contributed by atoms with Crippen molar-refractivity contribution in [3.05, 3.63) is 61.5 Å². The summed E-state index contributed by atoms with van der Waals surface area (Å²) in [5.41, 5.74) is -2.55. The minimum atomic E-state index is -4.75. The molecule has 4 atom stereocenters. The van der Waals surface area contributed by atoms with Crippen molar-refractivity contribution in [1.82, 2.24) is 4.98 Å². The fraction of sp³-hybridized carbons (Fsp3) is 0.450. The average Bonchev–Trinajstić information content (AvgIpc) is 2.94. The summed E-state index contributed by atoms with van der Waals surface area (Å²) in [5, 5.41) is 0. The zero-order valence-corrected chi connectivity index (χ0v) is 18.0. The zero-order chi connectivity index (χ0) is 22.6. The zero-order valence-electron chi connectivity index (χ0n) is 16.5. The smallest absolute Gasteiger partial charge is 0.417 e. The second kappa shape index (κ2) is 7.64. The molecule has 1 aliphatic heterocycles. The van der Waals surface area contributed by atoms with Gasteiger partial charge >= 0.3 is 6.18 Å². The van der Waals surface area contributed by atoms with Crippen molar-refractivity contribution in [3.63, 3.8) is 0 Å². The second-order valence-corrected chi connectivity index (χ2v) is 8.26. The van der Waals surface area contributed by atoms with Crippen molar-refractivity contribution in [3.8, 4) is 5.75 Å². The molecule has 2 aromatic rings. The minimum Gasteiger partial charge on any atom is -0.493 e. The third kappa shape index (κ3) is 3.43. The summed E-state index contributed by atoms with van der Waals surface area (Å²) < 4.78 is 80.7. The van der Waals surface area contributed by atoms with Crippen LogP contribution < -0.4 is 10.2 Å². The molecule has 0 amide bonds. The highest BCUT2D eigenvalue weighted by Gasteiger charge is 2.65. The Morgan fingerprint density at radius 3 is 2.43 bits per heavy atom. The van der Waals surface area contributed by atoms with Gasteiger partial charge in [0.2, 0.25) is 5.82 Å². The summed E-state index contributed by atoms with van der Waals surface area (Å²) in [6, 6.07) is 3.15. The lowest BCUT2D eigenvalue weighted by atomic mass is 9.76. The van der Waals surface area contributed by atoms with Gasteiger partial charge in [-0.05, 0) is 35.8 Å². The van der Waals surface area contributed by atoms with Crippen molar-refractivity contribution >= 4 is 15.9 Å². The number of H-pyrrole nitrogens is 1. The molecule has 30 heavy (non-hydrogen) atoms. The van der Waals surface area contributed by atoms with Crippen molar-refractivity contribution in [1.29, 1.82) is 0 Å². The first-order valence-corrected chi connectivity index (χ1v) is 9.78. The molecule has 4 nitrogen and oxygen atoms in total. The largest absolute Gasteiger partial charge is 0.493 e. The predicted molar refractivity (Wildman–Crippen MR) is 103 cm³/mol. The number of alkyl halides is 3. The van der Waals surface area contributed by atoms with Crippen LogP contribution in [0.4, 0.5) is 22.0 Å². The summed E-state index contributed by atoms with van der Waals surface area (Å²) >= 11 is 3.11. The molecule has 3 rings (SSSR count). The molecule has 0 aliphatic carbocycles. The number of aryl methyl sites for hydroxylation is 1. The van der Waals surface area contributed by atoms with Crippen LogP contribution in [0.3, 0.4) is 0 Å². The third-order valence-corrected chi connectivity index (χ3v) is 6.77. The molecule has 1 aromatic carbocycles. The monoisotopic (exact) mass is 495 g/mol. The average molecular weight is 496 g/mol. The van der Waals surface area contributed by atoms with Gasteiger partial charge in [0, 0.05) is 34.9 Å². The molecular formula is C20H19BrF5NO3. The number of nitrogens with one attached hydrogen (secondary N) is 1. The van der Waals surface area contributed by atoms with Crippen LogP contribution in [0.15, 0.2) is 27.5 Å². The number of ether oxygens (including phenoxy) is 2. The highest BCUT2D eigenvalue weighted by Crippen LogP contribution is 2.59. The number of hydrogen-bond donors (Lipinski definition) is 1. The molecule has 1 N–H and O–H groups in total. The second-order valence-electron chi connectivity index (χ2n) is 7.47. The van der Waals surface area contributed by atoms with Gasteiger partial charge in [-0.3, -0.25) is 4.79 Å². The fourth-order valence-electron chi connectivity index (χ4n) is 3.93. The summed E-state index contributed by atoms with van der Waals surface area (Å²) in [5.74, 6) is -5.29. The van der Waals surface area contributed by atoms with E-state index in [2.05, 4.69) is 20.9 Å². The van der Waals surface area contributed by atoms with Gasteiger partial charge in [0.25, 0.3) is 0 Å². The normalized spacial score (nSPS) is 26.8. The molecule has 0 unspecified atom stereocenters. The molecule has 0 spiro atoms. The number of methoxy groups -OCH3 is 1. The van der Waals surface area contributed by atoms with Gasteiger partial charge in [-0.1, -0.05) is 13.0 Å². The van der Waals surface area contributed by atoms with Crippen molar-refractivity contribution in [2.45, 2.75) is 44.6 Å².